The molecule has 1 N–H and O–H groups in total. The molecule has 9 heteroatoms. The number of hydrogen-bond donors (Lipinski definition) is 1. The zero-order chi connectivity index (χ0) is 22.3. The van der Waals surface area contributed by atoms with Crippen LogP contribution in [0.3, 0.4) is 0 Å². The standard InChI is InChI=1S/C22H20BrClN2O4S/c1-2-29-21-13-16(14-25-26-31(27,28)18-9-4-3-5-10-18)12-19(23)22(21)30-15-17-8-6-7-11-20(17)24/h3-14,26H,2,15H2,1H3/b25-14-. The summed E-state index contributed by atoms with van der Waals surface area (Å²) >= 11 is 9.69. The fraction of sp³-hybridized carbons (Fsp3) is 0.136. The van der Waals surface area contributed by atoms with Crippen molar-refractivity contribution in [1.82, 2.24) is 4.83 Å². The van der Waals surface area contributed by atoms with E-state index in [1.54, 1.807) is 36.4 Å². The smallest absolute Gasteiger partial charge is 0.276 e. The summed E-state index contributed by atoms with van der Waals surface area (Å²) in [5.74, 6) is 1.01. The number of hydrogen-bond acceptors (Lipinski definition) is 5. The Labute approximate surface area is 195 Å². The summed E-state index contributed by atoms with van der Waals surface area (Å²) in [6.07, 6.45) is 1.39. The van der Waals surface area contributed by atoms with E-state index < -0.39 is 10.0 Å². The van der Waals surface area contributed by atoms with Crippen molar-refractivity contribution in [2.75, 3.05) is 6.61 Å². The van der Waals surface area contributed by atoms with Crippen molar-refractivity contribution >= 4 is 43.8 Å². The van der Waals surface area contributed by atoms with E-state index in [-0.39, 0.29) is 11.5 Å². The zero-order valence-electron chi connectivity index (χ0n) is 16.6. The van der Waals surface area contributed by atoms with Gasteiger partial charge in [-0.3, -0.25) is 0 Å². The highest BCUT2D eigenvalue weighted by atomic mass is 79.9. The first kappa shape index (κ1) is 23.1. The molecule has 6 nitrogen and oxygen atoms in total. The molecule has 0 atom stereocenters. The number of hydrazone groups is 1. The fourth-order valence-corrected chi connectivity index (χ4v) is 4.23. The number of ether oxygens (including phenoxy) is 2. The van der Waals surface area contributed by atoms with Crippen molar-refractivity contribution in [3.63, 3.8) is 0 Å². The lowest BCUT2D eigenvalue weighted by molar-refractivity contribution is 0.267. The summed E-state index contributed by atoms with van der Waals surface area (Å²) in [5.41, 5.74) is 1.47. The van der Waals surface area contributed by atoms with Crippen LogP contribution in [0, 0.1) is 0 Å². The highest BCUT2D eigenvalue weighted by Crippen LogP contribution is 2.37. The SMILES string of the molecule is CCOc1cc(/C=N\NS(=O)(=O)c2ccccc2)cc(Br)c1OCc1ccccc1Cl. The zero-order valence-corrected chi connectivity index (χ0v) is 19.7. The number of rotatable bonds is 9. The second kappa shape index (κ2) is 10.7. The van der Waals surface area contributed by atoms with Crippen molar-refractivity contribution in [3.05, 3.63) is 87.4 Å². The normalized spacial score (nSPS) is 11.5. The van der Waals surface area contributed by atoms with Gasteiger partial charge in [-0.05, 0) is 58.7 Å². The number of halogens is 2. The monoisotopic (exact) mass is 522 g/mol. The van der Waals surface area contributed by atoms with Gasteiger partial charge < -0.3 is 9.47 Å². The molecule has 0 aliphatic rings. The van der Waals surface area contributed by atoms with E-state index in [1.807, 2.05) is 25.1 Å². The molecule has 0 amide bonds. The molecule has 0 unspecified atom stereocenters. The number of benzene rings is 3. The van der Waals surface area contributed by atoms with E-state index in [9.17, 15) is 8.42 Å². The minimum absolute atomic E-state index is 0.131. The summed E-state index contributed by atoms with van der Waals surface area (Å²) < 4.78 is 36.8. The van der Waals surface area contributed by atoms with E-state index in [0.717, 1.165) is 5.56 Å². The minimum Gasteiger partial charge on any atom is -0.490 e. The Morgan fingerprint density at radius 3 is 2.48 bits per heavy atom. The average Bonchev–Trinajstić information content (AvgIpc) is 2.75. The Morgan fingerprint density at radius 2 is 1.77 bits per heavy atom. The van der Waals surface area contributed by atoms with Gasteiger partial charge in [-0.1, -0.05) is 48.0 Å². The molecule has 3 rings (SSSR count). The Morgan fingerprint density at radius 1 is 1.06 bits per heavy atom. The van der Waals surface area contributed by atoms with Crippen molar-refractivity contribution in [2.45, 2.75) is 18.4 Å². The predicted molar refractivity (Wildman–Crippen MR) is 125 cm³/mol. The van der Waals surface area contributed by atoms with Crippen LogP contribution in [0.15, 0.2) is 81.2 Å². The first-order valence-corrected chi connectivity index (χ1v) is 12.0. The number of nitrogens with zero attached hydrogens (tertiary/aromatic N) is 1. The van der Waals surface area contributed by atoms with Crippen LogP contribution in [0.25, 0.3) is 0 Å². The van der Waals surface area contributed by atoms with Crippen LogP contribution in [-0.4, -0.2) is 21.2 Å². The second-order valence-corrected chi connectivity index (χ2v) is 9.23. The number of sulfonamides is 1. The summed E-state index contributed by atoms with van der Waals surface area (Å²) in [5, 5.41) is 4.49. The first-order chi connectivity index (χ1) is 14.9. The van der Waals surface area contributed by atoms with Gasteiger partial charge in [-0.25, -0.2) is 4.83 Å². The van der Waals surface area contributed by atoms with E-state index in [1.165, 1.54) is 18.3 Å². The third-order valence-corrected chi connectivity index (χ3v) is 6.30. The van der Waals surface area contributed by atoms with Gasteiger partial charge in [-0.15, -0.1) is 0 Å². The molecule has 0 aromatic heterocycles. The average molecular weight is 524 g/mol. The lowest BCUT2D eigenvalue weighted by Gasteiger charge is -2.15. The van der Waals surface area contributed by atoms with Gasteiger partial charge in [0, 0.05) is 10.6 Å². The molecule has 0 saturated carbocycles. The van der Waals surface area contributed by atoms with Crippen LogP contribution in [0.4, 0.5) is 0 Å². The largest absolute Gasteiger partial charge is 0.490 e. The highest BCUT2D eigenvalue weighted by molar-refractivity contribution is 9.10. The second-order valence-electron chi connectivity index (χ2n) is 6.31. The maximum atomic E-state index is 12.3. The van der Waals surface area contributed by atoms with Gasteiger partial charge in [0.25, 0.3) is 10.0 Å². The predicted octanol–water partition coefficient (Wildman–Crippen LogP) is 5.39. The Bertz CT molecular complexity index is 1170. The van der Waals surface area contributed by atoms with Crippen LogP contribution >= 0.6 is 27.5 Å². The van der Waals surface area contributed by atoms with Crippen LogP contribution < -0.4 is 14.3 Å². The molecule has 0 heterocycles. The molecule has 0 fully saturated rings. The third kappa shape index (κ3) is 6.22. The van der Waals surface area contributed by atoms with Gasteiger partial charge >= 0.3 is 0 Å². The molecular weight excluding hydrogens is 504 g/mol. The summed E-state index contributed by atoms with van der Waals surface area (Å²) in [4.78, 5) is 2.33. The summed E-state index contributed by atoms with van der Waals surface area (Å²) in [7, 11) is -3.74. The van der Waals surface area contributed by atoms with Gasteiger partial charge in [0.2, 0.25) is 0 Å². The number of nitrogens with one attached hydrogen (secondary N) is 1. The minimum atomic E-state index is -3.74. The van der Waals surface area contributed by atoms with Crippen LogP contribution in [0.2, 0.25) is 5.02 Å². The van der Waals surface area contributed by atoms with Gasteiger partial charge in [-0.2, -0.15) is 13.5 Å². The molecule has 3 aromatic carbocycles. The Kier molecular flexibility index (Phi) is 7.95. The fourth-order valence-electron chi connectivity index (χ4n) is 2.65. The quantitative estimate of drug-likeness (QED) is 0.301. The summed E-state index contributed by atoms with van der Waals surface area (Å²) in [6, 6.07) is 18.9. The van der Waals surface area contributed by atoms with Crippen molar-refractivity contribution < 1.29 is 17.9 Å². The molecule has 0 spiro atoms. The maximum Gasteiger partial charge on any atom is 0.276 e. The highest BCUT2D eigenvalue weighted by Gasteiger charge is 2.14. The molecule has 0 aliphatic heterocycles. The van der Waals surface area contributed by atoms with E-state index in [4.69, 9.17) is 21.1 Å². The van der Waals surface area contributed by atoms with Crippen LogP contribution in [0.5, 0.6) is 11.5 Å². The van der Waals surface area contributed by atoms with Gasteiger partial charge in [0.05, 0.1) is 22.2 Å². The van der Waals surface area contributed by atoms with E-state index in [0.29, 0.717) is 33.2 Å². The molecule has 3 aromatic rings. The van der Waals surface area contributed by atoms with Crippen LogP contribution in [0.1, 0.15) is 18.1 Å². The lowest BCUT2D eigenvalue weighted by atomic mass is 10.2. The molecule has 0 aliphatic carbocycles. The Hall–Kier alpha value is -2.55. The van der Waals surface area contributed by atoms with E-state index in [2.05, 4.69) is 25.9 Å². The molecule has 0 radical (unpaired) electrons. The van der Waals surface area contributed by atoms with E-state index >= 15 is 0 Å². The van der Waals surface area contributed by atoms with Crippen molar-refractivity contribution in [2.24, 2.45) is 5.10 Å². The first-order valence-electron chi connectivity index (χ1n) is 9.33. The van der Waals surface area contributed by atoms with Crippen LogP contribution in [-0.2, 0) is 16.6 Å². The van der Waals surface area contributed by atoms with Gasteiger partial charge in [0.1, 0.15) is 6.61 Å². The lowest BCUT2D eigenvalue weighted by Crippen LogP contribution is -2.18. The Balaban J connectivity index is 1.78. The topological polar surface area (TPSA) is 77.0 Å². The summed E-state index contributed by atoms with van der Waals surface area (Å²) in [6.45, 7) is 2.55. The maximum absolute atomic E-state index is 12.3. The van der Waals surface area contributed by atoms with Gasteiger partial charge in [0.15, 0.2) is 11.5 Å². The van der Waals surface area contributed by atoms with Crippen molar-refractivity contribution in [3.8, 4) is 11.5 Å². The molecule has 162 valence electrons. The molecule has 0 saturated heterocycles. The molecule has 31 heavy (non-hydrogen) atoms. The third-order valence-electron chi connectivity index (χ3n) is 4.10. The van der Waals surface area contributed by atoms with Crippen molar-refractivity contribution in [1.29, 1.82) is 0 Å². The molecule has 0 bridgehead atoms. The molecular formula is C22H20BrClN2O4S.